The molecule has 1 saturated heterocycles. The zero-order valence-corrected chi connectivity index (χ0v) is 10.8. The molecule has 0 spiro atoms. The predicted molar refractivity (Wildman–Crippen MR) is 67.9 cm³/mol. The van der Waals surface area contributed by atoms with Gasteiger partial charge < -0.3 is 15.4 Å². The third-order valence-electron chi connectivity index (χ3n) is 3.05. The fraction of sp³-hybridized carbons (Fsp3) is 0.583. The molecule has 17 heavy (non-hydrogen) atoms. The van der Waals surface area contributed by atoms with E-state index in [0.717, 1.165) is 30.8 Å². The fourth-order valence-corrected chi connectivity index (χ4v) is 2.64. The summed E-state index contributed by atoms with van der Waals surface area (Å²) in [7, 11) is 2.08. The Kier molecular flexibility index (Phi) is 4.15. The minimum atomic E-state index is -0.630. The molecule has 2 rings (SSSR count). The number of carbonyl (C=O) groups is 1. The molecule has 0 aliphatic carbocycles. The average molecular weight is 254 g/mol. The summed E-state index contributed by atoms with van der Waals surface area (Å²) in [5, 5.41) is 1.91. The number of likely N-dealkylation sites (tertiary alicyclic amines) is 1. The van der Waals surface area contributed by atoms with Gasteiger partial charge in [0, 0.05) is 18.0 Å². The van der Waals surface area contributed by atoms with Crippen molar-refractivity contribution in [2.75, 3.05) is 20.1 Å². The van der Waals surface area contributed by atoms with Crippen molar-refractivity contribution < 1.29 is 9.53 Å². The number of nitrogens with zero attached hydrogens (tertiary/aromatic N) is 1. The lowest BCUT2D eigenvalue weighted by molar-refractivity contribution is -0.152. The van der Waals surface area contributed by atoms with Gasteiger partial charge in [0.1, 0.15) is 12.1 Å². The molecule has 1 aliphatic rings. The number of esters is 1. The Bertz CT molecular complexity index is 359. The third-order valence-corrected chi connectivity index (χ3v) is 4.01. The molecule has 0 saturated carbocycles. The molecule has 1 atom stereocenters. The van der Waals surface area contributed by atoms with E-state index < -0.39 is 6.04 Å². The summed E-state index contributed by atoms with van der Waals surface area (Å²) in [6.45, 7) is 1.96. The quantitative estimate of drug-likeness (QED) is 0.828. The number of hydrogen-bond donors (Lipinski definition) is 1. The first kappa shape index (κ1) is 12.5. The van der Waals surface area contributed by atoms with Crippen molar-refractivity contribution >= 4 is 17.3 Å². The first-order valence-electron chi connectivity index (χ1n) is 5.85. The largest absolute Gasteiger partial charge is 0.461 e. The van der Waals surface area contributed by atoms with Crippen LogP contribution in [-0.4, -0.2) is 37.1 Å². The normalized spacial score (nSPS) is 20.1. The number of ether oxygens (including phenoxy) is 1. The molecular formula is C12H18N2O2S. The average Bonchev–Trinajstić information content (AvgIpc) is 2.84. The van der Waals surface area contributed by atoms with Crippen molar-refractivity contribution in [3.8, 4) is 0 Å². The van der Waals surface area contributed by atoms with Crippen LogP contribution in [0.5, 0.6) is 0 Å². The molecule has 5 heteroatoms. The highest BCUT2D eigenvalue weighted by Crippen LogP contribution is 2.20. The number of piperidine rings is 1. The summed E-state index contributed by atoms with van der Waals surface area (Å²) in [6, 6.07) is 3.13. The Morgan fingerprint density at radius 2 is 2.29 bits per heavy atom. The number of rotatable bonds is 3. The monoisotopic (exact) mass is 254 g/mol. The van der Waals surface area contributed by atoms with Crippen LogP contribution in [0.2, 0.25) is 0 Å². The second-order valence-corrected chi connectivity index (χ2v) is 5.41. The summed E-state index contributed by atoms with van der Waals surface area (Å²) in [5.41, 5.74) is 5.85. The molecule has 1 unspecified atom stereocenters. The Hall–Kier alpha value is -0.910. The maximum absolute atomic E-state index is 11.8. The van der Waals surface area contributed by atoms with Gasteiger partial charge in [0.05, 0.1) is 0 Å². The molecule has 0 aromatic carbocycles. The molecule has 1 aromatic rings. The first-order chi connectivity index (χ1) is 8.16. The first-order valence-corrected chi connectivity index (χ1v) is 6.73. The standard InChI is InChI=1S/C12H18N2O2S/c1-14-6-4-9(5-7-14)16-12(15)11(13)10-3-2-8-17-10/h2-3,8-9,11H,4-7,13H2,1H3. The van der Waals surface area contributed by atoms with Gasteiger partial charge in [0.25, 0.3) is 0 Å². The Labute approximate surface area is 105 Å². The zero-order chi connectivity index (χ0) is 12.3. The summed E-state index contributed by atoms with van der Waals surface area (Å²) in [6.07, 6.45) is 1.84. The lowest BCUT2D eigenvalue weighted by Gasteiger charge is -2.29. The van der Waals surface area contributed by atoms with Crippen molar-refractivity contribution in [2.24, 2.45) is 5.73 Å². The second kappa shape index (κ2) is 5.62. The number of thiophene rings is 1. The number of carbonyl (C=O) groups excluding carboxylic acids is 1. The molecule has 2 N–H and O–H groups in total. The van der Waals surface area contributed by atoms with Crippen LogP contribution in [0.1, 0.15) is 23.8 Å². The van der Waals surface area contributed by atoms with Crippen LogP contribution >= 0.6 is 11.3 Å². The van der Waals surface area contributed by atoms with Crippen LogP contribution in [0.3, 0.4) is 0 Å². The van der Waals surface area contributed by atoms with Gasteiger partial charge in [-0.3, -0.25) is 0 Å². The summed E-state index contributed by atoms with van der Waals surface area (Å²) in [5.74, 6) is -0.304. The van der Waals surface area contributed by atoms with Crippen molar-refractivity contribution in [1.29, 1.82) is 0 Å². The molecule has 94 valence electrons. The third kappa shape index (κ3) is 3.28. The SMILES string of the molecule is CN1CCC(OC(=O)C(N)c2cccs2)CC1. The van der Waals surface area contributed by atoms with E-state index in [1.54, 1.807) is 0 Å². The highest BCUT2D eigenvalue weighted by Gasteiger charge is 2.24. The number of hydrogen-bond acceptors (Lipinski definition) is 5. The van der Waals surface area contributed by atoms with E-state index in [2.05, 4.69) is 11.9 Å². The van der Waals surface area contributed by atoms with Crippen molar-refractivity contribution in [3.05, 3.63) is 22.4 Å². The minimum Gasteiger partial charge on any atom is -0.461 e. The molecule has 1 fully saturated rings. The second-order valence-electron chi connectivity index (χ2n) is 4.43. The van der Waals surface area contributed by atoms with Crippen LogP contribution in [-0.2, 0) is 9.53 Å². The maximum Gasteiger partial charge on any atom is 0.328 e. The van der Waals surface area contributed by atoms with Crippen LogP contribution in [0, 0.1) is 0 Å². The van der Waals surface area contributed by atoms with Gasteiger partial charge in [-0.15, -0.1) is 11.3 Å². The van der Waals surface area contributed by atoms with Crippen molar-refractivity contribution in [2.45, 2.75) is 25.0 Å². The lowest BCUT2D eigenvalue weighted by Crippen LogP contribution is -2.37. The van der Waals surface area contributed by atoms with Gasteiger partial charge in [-0.1, -0.05) is 6.07 Å². The van der Waals surface area contributed by atoms with Crippen molar-refractivity contribution in [3.63, 3.8) is 0 Å². The van der Waals surface area contributed by atoms with E-state index >= 15 is 0 Å². The highest BCUT2D eigenvalue weighted by atomic mass is 32.1. The van der Waals surface area contributed by atoms with E-state index in [1.807, 2.05) is 17.5 Å². The van der Waals surface area contributed by atoms with Gasteiger partial charge >= 0.3 is 5.97 Å². The molecule has 2 heterocycles. The zero-order valence-electron chi connectivity index (χ0n) is 9.96. The fourth-order valence-electron chi connectivity index (χ4n) is 1.92. The van der Waals surface area contributed by atoms with Gasteiger partial charge in [-0.25, -0.2) is 4.79 Å². The lowest BCUT2D eigenvalue weighted by atomic mass is 10.1. The van der Waals surface area contributed by atoms with E-state index in [4.69, 9.17) is 10.5 Å². The molecule has 1 aliphatic heterocycles. The molecule has 1 aromatic heterocycles. The molecule has 0 amide bonds. The van der Waals surface area contributed by atoms with Crippen LogP contribution in [0.15, 0.2) is 17.5 Å². The summed E-state index contributed by atoms with van der Waals surface area (Å²) >= 11 is 1.49. The molecule has 0 bridgehead atoms. The van der Waals surface area contributed by atoms with E-state index in [-0.39, 0.29) is 12.1 Å². The molecular weight excluding hydrogens is 236 g/mol. The topological polar surface area (TPSA) is 55.6 Å². The van der Waals surface area contributed by atoms with Crippen LogP contribution in [0.4, 0.5) is 0 Å². The Morgan fingerprint density at radius 1 is 1.59 bits per heavy atom. The molecule has 4 nitrogen and oxygen atoms in total. The van der Waals surface area contributed by atoms with Gasteiger partial charge in [0.2, 0.25) is 0 Å². The molecule has 0 radical (unpaired) electrons. The minimum absolute atomic E-state index is 0.0321. The van der Waals surface area contributed by atoms with E-state index in [1.165, 1.54) is 11.3 Å². The Balaban J connectivity index is 1.85. The van der Waals surface area contributed by atoms with Gasteiger partial charge in [-0.2, -0.15) is 0 Å². The Morgan fingerprint density at radius 3 is 2.88 bits per heavy atom. The maximum atomic E-state index is 11.8. The number of nitrogens with two attached hydrogens (primary N) is 1. The smallest absolute Gasteiger partial charge is 0.328 e. The highest BCUT2D eigenvalue weighted by molar-refractivity contribution is 7.10. The summed E-state index contributed by atoms with van der Waals surface area (Å²) < 4.78 is 5.44. The predicted octanol–water partition coefficient (Wildman–Crippen LogP) is 1.39. The van der Waals surface area contributed by atoms with Gasteiger partial charge in [-0.05, 0) is 31.3 Å². The summed E-state index contributed by atoms with van der Waals surface area (Å²) in [4.78, 5) is 14.9. The van der Waals surface area contributed by atoms with E-state index in [9.17, 15) is 4.79 Å². The van der Waals surface area contributed by atoms with E-state index in [0.29, 0.717) is 0 Å². The van der Waals surface area contributed by atoms with Crippen LogP contribution in [0.25, 0.3) is 0 Å². The van der Waals surface area contributed by atoms with Crippen molar-refractivity contribution in [1.82, 2.24) is 4.90 Å². The van der Waals surface area contributed by atoms with Gasteiger partial charge in [0.15, 0.2) is 0 Å². The van der Waals surface area contributed by atoms with Crippen LogP contribution < -0.4 is 5.73 Å².